The molecule has 8 nitrogen and oxygen atoms in total. The quantitative estimate of drug-likeness (QED) is 0.662. The Morgan fingerprint density at radius 2 is 2.19 bits per heavy atom. The first-order chi connectivity index (χ1) is 9.97. The zero-order valence-corrected chi connectivity index (χ0v) is 11.3. The topological polar surface area (TPSA) is 110 Å². The Balaban J connectivity index is 2.42. The summed E-state index contributed by atoms with van der Waals surface area (Å²) in [6, 6.07) is 3.10. The molecule has 2 rings (SSSR count). The summed E-state index contributed by atoms with van der Waals surface area (Å²) in [5, 5.41) is 20.1. The largest absolute Gasteiger partial charge is 0.490 e. The van der Waals surface area contributed by atoms with Crippen LogP contribution in [0.3, 0.4) is 0 Å². The number of likely N-dealkylation sites (tertiary alicyclic amines) is 1. The molecule has 1 aliphatic rings. The van der Waals surface area contributed by atoms with Crippen molar-refractivity contribution in [2.45, 2.75) is 18.9 Å². The van der Waals surface area contributed by atoms with E-state index < -0.39 is 22.8 Å². The number of amides is 1. The maximum Gasteiger partial charge on any atom is 0.326 e. The molecule has 21 heavy (non-hydrogen) atoms. The molecule has 1 atom stereocenters. The maximum absolute atomic E-state index is 12.5. The van der Waals surface area contributed by atoms with Crippen molar-refractivity contribution >= 4 is 17.6 Å². The third-order valence-corrected chi connectivity index (χ3v) is 3.42. The maximum atomic E-state index is 12.5. The van der Waals surface area contributed by atoms with E-state index in [1.165, 1.54) is 30.2 Å². The van der Waals surface area contributed by atoms with Gasteiger partial charge in [0.25, 0.3) is 5.91 Å². The van der Waals surface area contributed by atoms with Gasteiger partial charge in [-0.15, -0.1) is 0 Å². The molecule has 1 aromatic rings. The SMILES string of the molecule is COc1c(C(=O)N2CCC[C@H]2C(=O)O)cccc1[N+](=O)[O-]. The summed E-state index contributed by atoms with van der Waals surface area (Å²) in [7, 11) is 1.23. The minimum atomic E-state index is -1.08. The van der Waals surface area contributed by atoms with E-state index in [1.807, 2.05) is 0 Å². The van der Waals surface area contributed by atoms with Crippen molar-refractivity contribution < 1.29 is 24.4 Å². The lowest BCUT2D eigenvalue weighted by Gasteiger charge is -2.22. The Morgan fingerprint density at radius 1 is 1.48 bits per heavy atom. The van der Waals surface area contributed by atoms with Crippen LogP contribution in [0.25, 0.3) is 0 Å². The monoisotopic (exact) mass is 294 g/mol. The van der Waals surface area contributed by atoms with Gasteiger partial charge in [-0.25, -0.2) is 4.79 Å². The van der Waals surface area contributed by atoms with Crippen LogP contribution in [0.5, 0.6) is 5.75 Å². The molecule has 0 bridgehead atoms. The van der Waals surface area contributed by atoms with Gasteiger partial charge in [0, 0.05) is 12.6 Å². The lowest BCUT2D eigenvalue weighted by Crippen LogP contribution is -2.40. The Kier molecular flexibility index (Phi) is 4.06. The summed E-state index contributed by atoms with van der Waals surface area (Å²) >= 11 is 0. The molecule has 0 aliphatic carbocycles. The van der Waals surface area contributed by atoms with Crippen molar-refractivity contribution in [2.24, 2.45) is 0 Å². The highest BCUT2D eigenvalue weighted by molar-refractivity contribution is 6.00. The van der Waals surface area contributed by atoms with Crippen LogP contribution in [0.2, 0.25) is 0 Å². The normalized spacial score (nSPS) is 17.6. The number of carboxylic acids is 1. The second-order valence-corrected chi connectivity index (χ2v) is 4.61. The summed E-state index contributed by atoms with van der Waals surface area (Å²) in [6.45, 7) is 0.307. The average molecular weight is 294 g/mol. The van der Waals surface area contributed by atoms with Gasteiger partial charge in [-0.2, -0.15) is 0 Å². The van der Waals surface area contributed by atoms with Crippen LogP contribution in [-0.4, -0.2) is 46.5 Å². The van der Waals surface area contributed by atoms with Crippen molar-refractivity contribution in [1.29, 1.82) is 0 Å². The average Bonchev–Trinajstić information content (AvgIpc) is 2.95. The van der Waals surface area contributed by atoms with Gasteiger partial charge < -0.3 is 14.7 Å². The molecule has 0 aromatic heterocycles. The van der Waals surface area contributed by atoms with E-state index in [0.717, 1.165) is 0 Å². The number of methoxy groups -OCH3 is 1. The number of rotatable bonds is 4. The molecule has 112 valence electrons. The lowest BCUT2D eigenvalue weighted by molar-refractivity contribution is -0.385. The summed E-state index contributed by atoms with van der Waals surface area (Å²) in [5.74, 6) is -1.80. The predicted octanol–water partition coefficient (Wildman–Crippen LogP) is 1.29. The zero-order valence-electron chi connectivity index (χ0n) is 11.3. The van der Waals surface area contributed by atoms with Crippen LogP contribution in [-0.2, 0) is 4.79 Å². The minimum absolute atomic E-state index is 0.000139. The molecule has 0 radical (unpaired) electrons. The number of hydrogen-bond acceptors (Lipinski definition) is 5. The number of carbonyl (C=O) groups excluding carboxylic acids is 1. The van der Waals surface area contributed by atoms with Gasteiger partial charge in [-0.1, -0.05) is 6.07 Å². The van der Waals surface area contributed by atoms with E-state index in [-0.39, 0.29) is 17.0 Å². The molecule has 1 saturated heterocycles. The summed E-state index contributed by atoms with van der Waals surface area (Å²) in [5.41, 5.74) is -0.325. The van der Waals surface area contributed by atoms with Gasteiger partial charge in [-0.3, -0.25) is 14.9 Å². The van der Waals surface area contributed by atoms with E-state index >= 15 is 0 Å². The Morgan fingerprint density at radius 3 is 2.76 bits per heavy atom. The first-order valence-corrected chi connectivity index (χ1v) is 6.32. The summed E-state index contributed by atoms with van der Waals surface area (Å²) in [4.78, 5) is 35.1. The molecular weight excluding hydrogens is 280 g/mol. The van der Waals surface area contributed by atoms with Gasteiger partial charge in [0.2, 0.25) is 5.75 Å². The van der Waals surface area contributed by atoms with Crippen molar-refractivity contribution in [2.75, 3.05) is 13.7 Å². The molecule has 1 fully saturated rings. The van der Waals surface area contributed by atoms with Crippen LogP contribution in [0.1, 0.15) is 23.2 Å². The Bertz CT molecular complexity index is 600. The number of nitro groups is 1. The van der Waals surface area contributed by atoms with Crippen LogP contribution >= 0.6 is 0 Å². The predicted molar refractivity (Wildman–Crippen MR) is 71.3 cm³/mol. The number of aliphatic carboxylic acids is 1. The third-order valence-electron chi connectivity index (χ3n) is 3.42. The molecule has 1 amide bonds. The third kappa shape index (κ3) is 2.64. The smallest absolute Gasteiger partial charge is 0.326 e. The van der Waals surface area contributed by atoms with Gasteiger partial charge in [0.15, 0.2) is 0 Å². The van der Waals surface area contributed by atoms with E-state index in [9.17, 15) is 19.7 Å². The van der Waals surface area contributed by atoms with Crippen molar-refractivity contribution in [3.05, 3.63) is 33.9 Å². The van der Waals surface area contributed by atoms with E-state index in [4.69, 9.17) is 9.84 Å². The fraction of sp³-hybridized carbons (Fsp3) is 0.385. The highest BCUT2D eigenvalue weighted by Crippen LogP contribution is 2.32. The molecule has 0 saturated carbocycles. The van der Waals surface area contributed by atoms with E-state index in [2.05, 4.69) is 0 Å². The van der Waals surface area contributed by atoms with Crippen LogP contribution in [0.15, 0.2) is 18.2 Å². The Hall–Kier alpha value is -2.64. The van der Waals surface area contributed by atoms with Crippen molar-refractivity contribution in [3.8, 4) is 5.75 Å². The molecule has 0 unspecified atom stereocenters. The molecule has 1 aromatic carbocycles. The summed E-state index contributed by atoms with van der Waals surface area (Å²) < 4.78 is 4.98. The van der Waals surface area contributed by atoms with Crippen LogP contribution in [0.4, 0.5) is 5.69 Å². The van der Waals surface area contributed by atoms with E-state index in [0.29, 0.717) is 19.4 Å². The molecule has 1 N–H and O–H groups in total. The number of ether oxygens (including phenoxy) is 1. The Labute approximate surface area is 120 Å². The second-order valence-electron chi connectivity index (χ2n) is 4.61. The van der Waals surface area contributed by atoms with Crippen molar-refractivity contribution in [1.82, 2.24) is 4.90 Å². The van der Waals surface area contributed by atoms with Gasteiger partial charge >= 0.3 is 11.7 Å². The van der Waals surface area contributed by atoms with Gasteiger partial charge in [-0.05, 0) is 18.9 Å². The molecule has 8 heteroatoms. The number of benzene rings is 1. The molecule has 0 spiro atoms. The van der Waals surface area contributed by atoms with E-state index in [1.54, 1.807) is 0 Å². The van der Waals surface area contributed by atoms with Crippen LogP contribution in [0, 0.1) is 10.1 Å². The van der Waals surface area contributed by atoms with Crippen LogP contribution < -0.4 is 4.74 Å². The number of nitrogens with zero attached hydrogens (tertiary/aromatic N) is 2. The number of nitro benzene ring substituents is 1. The number of hydrogen-bond donors (Lipinski definition) is 1. The summed E-state index contributed by atoms with van der Waals surface area (Å²) in [6.07, 6.45) is 0.957. The minimum Gasteiger partial charge on any atom is -0.490 e. The van der Waals surface area contributed by atoms with Gasteiger partial charge in [0.1, 0.15) is 6.04 Å². The number of para-hydroxylation sites is 1. The highest BCUT2D eigenvalue weighted by Gasteiger charge is 2.36. The second kappa shape index (κ2) is 5.78. The fourth-order valence-electron chi connectivity index (χ4n) is 2.47. The number of carboxylic acid groups (broad SMARTS) is 1. The van der Waals surface area contributed by atoms with Crippen molar-refractivity contribution in [3.63, 3.8) is 0 Å². The highest BCUT2D eigenvalue weighted by atomic mass is 16.6. The fourth-order valence-corrected chi connectivity index (χ4v) is 2.47. The zero-order chi connectivity index (χ0) is 15.6. The lowest BCUT2D eigenvalue weighted by atomic mass is 10.1. The standard InChI is InChI=1S/C13H14N2O6/c1-21-11-8(4-2-5-9(11)15(19)20)12(16)14-7-3-6-10(14)13(17)18/h2,4-5,10H,3,6-7H2,1H3,(H,17,18)/t10-/m0/s1. The first-order valence-electron chi connectivity index (χ1n) is 6.32. The molecular formula is C13H14N2O6. The van der Waals surface area contributed by atoms with Gasteiger partial charge in [0.05, 0.1) is 17.6 Å². The first kappa shape index (κ1) is 14.8. The number of carbonyl (C=O) groups is 2. The molecule has 1 heterocycles. The molecule has 1 aliphatic heterocycles.